The zero-order valence-corrected chi connectivity index (χ0v) is 13.1. The Morgan fingerprint density at radius 3 is 2.84 bits per heavy atom. The quantitative estimate of drug-likeness (QED) is 0.733. The van der Waals surface area contributed by atoms with Gasteiger partial charge >= 0.3 is 0 Å². The lowest BCUT2D eigenvalue weighted by molar-refractivity contribution is -0.130. The van der Waals surface area contributed by atoms with Gasteiger partial charge in [0.1, 0.15) is 0 Å². The summed E-state index contributed by atoms with van der Waals surface area (Å²) < 4.78 is 0. The lowest BCUT2D eigenvalue weighted by Crippen LogP contribution is -2.34. The van der Waals surface area contributed by atoms with Crippen LogP contribution < -0.4 is 5.32 Å². The highest BCUT2D eigenvalue weighted by molar-refractivity contribution is 5.76. The van der Waals surface area contributed by atoms with Crippen LogP contribution in [0.5, 0.6) is 0 Å². The second-order valence-electron chi connectivity index (χ2n) is 6.01. The van der Waals surface area contributed by atoms with E-state index in [0.717, 1.165) is 38.9 Å². The van der Waals surface area contributed by atoms with Crippen molar-refractivity contribution in [3.8, 4) is 0 Å². The number of carbonyl (C=O) groups is 1. The molecular formula is C16H32N2O. The van der Waals surface area contributed by atoms with Crippen molar-refractivity contribution in [2.24, 2.45) is 5.92 Å². The molecule has 0 aromatic carbocycles. The monoisotopic (exact) mass is 268 g/mol. The maximum atomic E-state index is 12.0. The molecule has 0 bridgehead atoms. The largest absolute Gasteiger partial charge is 0.343 e. The average Bonchev–Trinajstić information content (AvgIpc) is 2.57. The number of hydrogen-bond acceptors (Lipinski definition) is 2. The van der Waals surface area contributed by atoms with E-state index in [1.54, 1.807) is 0 Å². The van der Waals surface area contributed by atoms with Gasteiger partial charge in [0.2, 0.25) is 5.91 Å². The van der Waals surface area contributed by atoms with Gasteiger partial charge in [-0.1, -0.05) is 20.8 Å². The molecule has 1 fully saturated rings. The molecule has 2 atom stereocenters. The van der Waals surface area contributed by atoms with Crippen LogP contribution in [0, 0.1) is 5.92 Å². The molecule has 1 amide bonds. The third-order valence-electron chi connectivity index (χ3n) is 4.25. The zero-order valence-electron chi connectivity index (χ0n) is 13.1. The molecule has 3 heteroatoms. The van der Waals surface area contributed by atoms with Crippen LogP contribution in [0.4, 0.5) is 0 Å². The lowest BCUT2D eigenvalue weighted by atomic mass is 10.0. The molecule has 1 rings (SSSR count). The number of likely N-dealkylation sites (tertiary alicyclic amines) is 1. The van der Waals surface area contributed by atoms with E-state index < -0.39 is 0 Å². The first kappa shape index (κ1) is 16.5. The number of nitrogens with one attached hydrogen (secondary N) is 1. The Labute approximate surface area is 119 Å². The highest BCUT2D eigenvalue weighted by atomic mass is 16.2. The van der Waals surface area contributed by atoms with Crippen LogP contribution in [0.2, 0.25) is 0 Å². The van der Waals surface area contributed by atoms with E-state index in [2.05, 4.69) is 31.0 Å². The van der Waals surface area contributed by atoms with E-state index in [0.29, 0.717) is 17.9 Å². The van der Waals surface area contributed by atoms with E-state index in [1.165, 1.54) is 25.7 Å². The van der Waals surface area contributed by atoms with Crippen molar-refractivity contribution in [2.75, 3.05) is 19.6 Å². The molecule has 1 aliphatic rings. The SMILES string of the molecule is CCCNC(CC)CCCN1CCC(C)CCC1=O. The Hall–Kier alpha value is -0.570. The Bertz CT molecular complexity index is 255. The Morgan fingerprint density at radius 2 is 2.16 bits per heavy atom. The summed E-state index contributed by atoms with van der Waals surface area (Å²) in [5.74, 6) is 1.09. The molecule has 0 aromatic rings. The maximum absolute atomic E-state index is 12.0. The van der Waals surface area contributed by atoms with Crippen molar-refractivity contribution in [2.45, 2.75) is 71.8 Å². The topological polar surface area (TPSA) is 32.3 Å². The number of amides is 1. The van der Waals surface area contributed by atoms with Gasteiger partial charge in [-0.15, -0.1) is 0 Å². The first-order valence-corrected chi connectivity index (χ1v) is 8.18. The van der Waals surface area contributed by atoms with Gasteiger partial charge in [-0.2, -0.15) is 0 Å². The van der Waals surface area contributed by atoms with Crippen molar-refractivity contribution in [1.29, 1.82) is 0 Å². The van der Waals surface area contributed by atoms with Crippen molar-refractivity contribution in [3.05, 3.63) is 0 Å². The summed E-state index contributed by atoms with van der Waals surface area (Å²) in [6, 6.07) is 0.626. The van der Waals surface area contributed by atoms with Crippen LogP contribution in [0.1, 0.15) is 65.7 Å². The minimum Gasteiger partial charge on any atom is -0.343 e. The number of hydrogen-bond donors (Lipinski definition) is 1. The Kier molecular flexibility index (Phi) is 8.11. The van der Waals surface area contributed by atoms with Crippen LogP contribution in [-0.2, 0) is 4.79 Å². The van der Waals surface area contributed by atoms with Gasteiger partial charge in [0.25, 0.3) is 0 Å². The van der Waals surface area contributed by atoms with Crippen LogP contribution in [0.15, 0.2) is 0 Å². The fourth-order valence-corrected chi connectivity index (χ4v) is 2.74. The predicted octanol–water partition coefficient (Wildman–Crippen LogP) is 3.19. The molecule has 1 aliphatic heterocycles. The van der Waals surface area contributed by atoms with Gasteiger partial charge in [0, 0.05) is 25.6 Å². The van der Waals surface area contributed by atoms with Gasteiger partial charge in [-0.3, -0.25) is 4.79 Å². The molecule has 19 heavy (non-hydrogen) atoms. The van der Waals surface area contributed by atoms with E-state index >= 15 is 0 Å². The van der Waals surface area contributed by atoms with Crippen LogP contribution in [0.25, 0.3) is 0 Å². The fraction of sp³-hybridized carbons (Fsp3) is 0.938. The standard InChI is InChI=1S/C16H32N2O/c1-4-11-17-15(5-2)7-6-12-18-13-10-14(3)8-9-16(18)19/h14-15,17H,4-13H2,1-3H3. The second kappa shape index (κ2) is 9.35. The predicted molar refractivity (Wildman–Crippen MR) is 81.2 cm³/mol. The molecule has 3 nitrogen and oxygen atoms in total. The molecule has 0 aromatic heterocycles. The van der Waals surface area contributed by atoms with Crippen LogP contribution >= 0.6 is 0 Å². The molecule has 1 saturated heterocycles. The summed E-state index contributed by atoms with van der Waals surface area (Å²) in [6.07, 6.45) is 7.71. The van der Waals surface area contributed by atoms with Crippen molar-refractivity contribution in [3.63, 3.8) is 0 Å². The number of nitrogens with zero attached hydrogens (tertiary/aromatic N) is 1. The summed E-state index contributed by atoms with van der Waals surface area (Å²) >= 11 is 0. The highest BCUT2D eigenvalue weighted by Crippen LogP contribution is 2.18. The van der Waals surface area contributed by atoms with Gasteiger partial charge in [-0.25, -0.2) is 0 Å². The second-order valence-corrected chi connectivity index (χ2v) is 6.01. The summed E-state index contributed by atoms with van der Waals surface area (Å²) in [5, 5.41) is 3.58. The molecular weight excluding hydrogens is 236 g/mol. The lowest BCUT2D eigenvalue weighted by Gasteiger charge is -2.22. The van der Waals surface area contributed by atoms with Crippen LogP contribution in [0.3, 0.4) is 0 Å². The maximum Gasteiger partial charge on any atom is 0.222 e. The summed E-state index contributed by atoms with van der Waals surface area (Å²) in [6.45, 7) is 9.75. The van der Waals surface area contributed by atoms with Crippen LogP contribution in [-0.4, -0.2) is 36.5 Å². The van der Waals surface area contributed by atoms with E-state index in [4.69, 9.17) is 0 Å². The van der Waals surface area contributed by atoms with E-state index in [-0.39, 0.29) is 0 Å². The zero-order chi connectivity index (χ0) is 14.1. The van der Waals surface area contributed by atoms with Gasteiger partial charge in [-0.05, 0) is 51.0 Å². The highest BCUT2D eigenvalue weighted by Gasteiger charge is 2.19. The molecule has 0 radical (unpaired) electrons. The van der Waals surface area contributed by atoms with E-state index in [1.807, 2.05) is 0 Å². The summed E-state index contributed by atoms with van der Waals surface area (Å²) in [7, 11) is 0. The Balaban J connectivity index is 2.24. The molecule has 0 saturated carbocycles. The smallest absolute Gasteiger partial charge is 0.222 e. The normalized spacial score (nSPS) is 22.4. The van der Waals surface area contributed by atoms with Gasteiger partial charge in [0.05, 0.1) is 0 Å². The molecule has 1 N–H and O–H groups in total. The minimum absolute atomic E-state index is 0.374. The molecule has 1 heterocycles. The average molecular weight is 268 g/mol. The summed E-state index contributed by atoms with van der Waals surface area (Å²) in [5.41, 5.74) is 0. The Morgan fingerprint density at radius 1 is 1.37 bits per heavy atom. The molecule has 0 spiro atoms. The number of carbonyl (C=O) groups excluding carboxylic acids is 1. The van der Waals surface area contributed by atoms with Crippen molar-refractivity contribution < 1.29 is 4.79 Å². The fourth-order valence-electron chi connectivity index (χ4n) is 2.74. The minimum atomic E-state index is 0.374. The third kappa shape index (κ3) is 6.42. The summed E-state index contributed by atoms with van der Waals surface area (Å²) in [4.78, 5) is 14.1. The first-order valence-electron chi connectivity index (χ1n) is 8.18. The molecule has 112 valence electrons. The first-order chi connectivity index (χ1) is 9.17. The van der Waals surface area contributed by atoms with Crippen molar-refractivity contribution in [1.82, 2.24) is 10.2 Å². The van der Waals surface area contributed by atoms with Crippen molar-refractivity contribution >= 4 is 5.91 Å². The van der Waals surface area contributed by atoms with Gasteiger partial charge in [0.15, 0.2) is 0 Å². The molecule has 2 unspecified atom stereocenters. The molecule has 0 aliphatic carbocycles. The van der Waals surface area contributed by atoms with E-state index in [9.17, 15) is 4.79 Å². The third-order valence-corrected chi connectivity index (χ3v) is 4.25. The van der Waals surface area contributed by atoms with Gasteiger partial charge < -0.3 is 10.2 Å². The number of rotatable bonds is 8.